The average molecular weight is 262 g/mol. The van der Waals surface area contributed by atoms with Crippen molar-refractivity contribution in [3.8, 4) is 0 Å². The molecule has 3 rings (SSSR count). The summed E-state index contributed by atoms with van der Waals surface area (Å²) in [5.74, 6) is 0.746. The van der Waals surface area contributed by atoms with Gasteiger partial charge >= 0.3 is 0 Å². The number of rotatable bonds is 1. The first kappa shape index (κ1) is 9.34. The molecule has 1 aromatic heterocycles. The van der Waals surface area contributed by atoms with E-state index in [1.807, 2.05) is 12.4 Å². The van der Waals surface area contributed by atoms with E-state index in [0.29, 0.717) is 0 Å². The highest BCUT2D eigenvalue weighted by molar-refractivity contribution is 9.10. The van der Waals surface area contributed by atoms with Gasteiger partial charge in [0.15, 0.2) is 0 Å². The van der Waals surface area contributed by atoms with Gasteiger partial charge in [0, 0.05) is 22.3 Å². The van der Waals surface area contributed by atoms with Crippen molar-refractivity contribution in [1.29, 1.82) is 0 Å². The Morgan fingerprint density at radius 3 is 2.80 bits per heavy atom. The number of hydrogen-bond donors (Lipinski definition) is 0. The first-order chi connectivity index (χ1) is 7.34. The average Bonchev–Trinajstić information content (AvgIpc) is 2.16. The summed E-state index contributed by atoms with van der Waals surface area (Å²) >= 11 is 3.54. The van der Waals surface area contributed by atoms with Crippen LogP contribution < -0.4 is 0 Å². The summed E-state index contributed by atoms with van der Waals surface area (Å²) in [6.45, 7) is 0. The van der Waals surface area contributed by atoms with Crippen LogP contribution in [-0.2, 0) is 0 Å². The molecule has 1 heterocycles. The van der Waals surface area contributed by atoms with Gasteiger partial charge in [0.2, 0.25) is 0 Å². The zero-order chi connectivity index (χ0) is 10.3. The van der Waals surface area contributed by atoms with Crippen LogP contribution in [0.2, 0.25) is 0 Å². The Balaban J connectivity index is 2.23. The van der Waals surface area contributed by atoms with Gasteiger partial charge in [0.25, 0.3) is 0 Å². The van der Waals surface area contributed by atoms with Gasteiger partial charge in [0.05, 0.1) is 0 Å². The predicted molar refractivity (Wildman–Crippen MR) is 66.0 cm³/mol. The quantitative estimate of drug-likeness (QED) is 0.748. The van der Waals surface area contributed by atoms with Crippen LogP contribution in [0.25, 0.3) is 10.8 Å². The molecule has 0 aliphatic heterocycles. The van der Waals surface area contributed by atoms with Crippen LogP contribution in [0.5, 0.6) is 0 Å². The molecule has 0 saturated heterocycles. The van der Waals surface area contributed by atoms with Crippen LogP contribution in [0.15, 0.2) is 35.1 Å². The number of benzene rings is 1. The molecule has 76 valence electrons. The number of pyridine rings is 1. The highest BCUT2D eigenvalue weighted by Gasteiger charge is 2.21. The molecule has 0 amide bonds. The zero-order valence-electron chi connectivity index (χ0n) is 8.41. The fourth-order valence-electron chi connectivity index (χ4n) is 2.20. The molecule has 1 aliphatic rings. The molecular weight excluding hydrogens is 250 g/mol. The maximum absolute atomic E-state index is 4.33. The van der Waals surface area contributed by atoms with E-state index in [9.17, 15) is 0 Å². The lowest BCUT2D eigenvalue weighted by molar-refractivity contribution is 0.421. The van der Waals surface area contributed by atoms with Crippen molar-refractivity contribution in [3.05, 3.63) is 40.6 Å². The number of hydrogen-bond acceptors (Lipinski definition) is 1. The molecule has 0 radical (unpaired) electrons. The fourth-order valence-corrected chi connectivity index (χ4v) is 2.56. The Kier molecular flexibility index (Phi) is 2.24. The summed E-state index contributed by atoms with van der Waals surface area (Å²) in [5, 5.41) is 2.62. The van der Waals surface area contributed by atoms with Crippen molar-refractivity contribution in [3.63, 3.8) is 0 Å². The normalized spacial score (nSPS) is 16.6. The van der Waals surface area contributed by atoms with E-state index in [4.69, 9.17) is 0 Å². The van der Waals surface area contributed by atoms with Crippen LogP contribution in [0, 0.1) is 0 Å². The molecule has 2 heteroatoms. The van der Waals surface area contributed by atoms with Crippen molar-refractivity contribution < 1.29 is 0 Å². The first-order valence-corrected chi connectivity index (χ1v) is 6.17. The van der Waals surface area contributed by atoms with Crippen LogP contribution in [0.4, 0.5) is 0 Å². The second-order valence-corrected chi connectivity index (χ2v) is 5.14. The van der Waals surface area contributed by atoms with E-state index in [-0.39, 0.29) is 0 Å². The number of halogens is 1. The molecule has 1 fully saturated rings. The Morgan fingerprint density at radius 2 is 2.07 bits per heavy atom. The summed E-state index contributed by atoms with van der Waals surface area (Å²) < 4.78 is 1.15. The van der Waals surface area contributed by atoms with E-state index < -0.39 is 0 Å². The van der Waals surface area contributed by atoms with Gasteiger partial charge in [-0.05, 0) is 41.8 Å². The van der Waals surface area contributed by atoms with Gasteiger partial charge in [-0.2, -0.15) is 0 Å². The third-order valence-electron chi connectivity index (χ3n) is 3.30. The van der Waals surface area contributed by atoms with E-state index in [2.05, 4.69) is 39.1 Å². The molecular formula is C13H12BrN. The van der Waals surface area contributed by atoms with Crippen molar-refractivity contribution in [1.82, 2.24) is 4.98 Å². The number of fused-ring (bicyclic) bond motifs is 1. The van der Waals surface area contributed by atoms with E-state index in [1.54, 1.807) is 0 Å². The van der Waals surface area contributed by atoms with E-state index in [0.717, 1.165) is 10.4 Å². The van der Waals surface area contributed by atoms with Crippen molar-refractivity contribution >= 4 is 26.7 Å². The summed E-state index contributed by atoms with van der Waals surface area (Å²) in [5.41, 5.74) is 1.43. The minimum absolute atomic E-state index is 0.746. The van der Waals surface area contributed by atoms with Crippen molar-refractivity contribution in [2.24, 2.45) is 0 Å². The number of aromatic nitrogens is 1. The van der Waals surface area contributed by atoms with Gasteiger partial charge < -0.3 is 0 Å². The Hall–Kier alpha value is -0.890. The molecule has 1 aromatic carbocycles. The molecule has 0 bridgehead atoms. The van der Waals surface area contributed by atoms with Gasteiger partial charge in [0.1, 0.15) is 0 Å². The van der Waals surface area contributed by atoms with Gasteiger partial charge in [-0.25, -0.2) is 0 Å². The lowest BCUT2D eigenvalue weighted by Crippen LogP contribution is -2.09. The molecule has 0 atom stereocenters. The monoisotopic (exact) mass is 261 g/mol. The molecule has 1 nitrogen and oxygen atoms in total. The van der Waals surface area contributed by atoms with E-state index >= 15 is 0 Å². The van der Waals surface area contributed by atoms with Crippen LogP contribution >= 0.6 is 15.9 Å². The molecule has 0 N–H and O–H groups in total. The maximum atomic E-state index is 4.33. The fraction of sp³-hybridized carbons (Fsp3) is 0.308. The van der Waals surface area contributed by atoms with Crippen LogP contribution in [-0.4, -0.2) is 4.98 Å². The smallest absolute Gasteiger partial charge is 0.0346 e. The largest absolute Gasteiger partial charge is 0.264 e. The van der Waals surface area contributed by atoms with E-state index in [1.165, 1.54) is 35.6 Å². The Bertz CT molecular complexity index is 503. The Morgan fingerprint density at radius 1 is 1.20 bits per heavy atom. The Labute approximate surface area is 97.7 Å². The molecule has 2 aromatic rings. The highest BCUT2D eigenvalue weighted by atomic mass is 79.9. The first-order valence-electron chi connectivity index (χ1n) is 5.38. The second-order valence-electron chi connectivity index (χ2n) is 4.22. The molecule has 15 heavy (non-hydrogen) atoms. The third-order valence-corrected chi connectivity index (χ3v) is 3.79. The van der Waals surface area contributed by atoms with Crippen molar-refractivity contribution in [2.45, 2.75) is 25.2 Å². The molecule has 0 spiro atoms. The standard InChI is InChI=1S/C13H12BrN/c14-11-5-4-10-7-15-8-13(12(10)6-11)9-2-1-3-9/h4-9H,1-3H2. The maximum Gasteiger partial charge on any atom is 0.0346 e. The molecule has 1 aliphatic carbocycles. The summed E-state index contributed by atoms with van der Waals surface area (Å²) in [6, 6.07) is 6.42. The van der Waals surface area contributed by atoms with Crippen molar-refractivity contribution in [2.75, 3.05) is 0 Å². The lowest BCUT2D eigenvalue weighted by atomic mass is 9.79. The highest BCUT2D eigenvalue weighted by Crippen LogP contribution is 2.39. The summed E-state index contributed by atoms with van der Waals surface area (Å²) in [4.78, 5) is 4.33. The third kappa shape index (κ3) is 1.57. The van der Waals surface area contributed by atoms with Crippen LogP contribution in [0.1, 0.15) is 30.7 Å². The minimum atomic E-state index is 0.746. The van der Waals surface area contributed by atoms with Crippen LogP contribution in [0.3, 0.4) is 0 Å². The lowest BCUT2D eigenvalue weighted by Gasteiger charge is -2.26. The number of nitrogens with zero attached hydrogens (tertiary/aromatic N) is 1. The zero-order valence-corrected chi connectivity index (χ0v) is 10.00. The topological polar surface area (TPSA) is 12.9 Å². The molecule has 1 saturated carbocycles. The SMILES string of the molecule is Brc1ccc2cncc(C3CCC3)c2c1. The van der Waals surface area contributed by atoms with Gasteiger partial charge in [-0.15, -0.1) is 0 Å². The summed E-state index contributed by atoms with van der Waals surface area (Å²) in [6.07, 6.45) is 8.01. The predicted octanol–water partition coefficient (Wildman–Crippen LogP) is 4.26. The van der Waals surface area contributed by atoms with Gasteiger partial charge in [-0.3, -0.25) is 4.98 Å². The van der Waals surface area contributed by atoms with Gasteiger partial charge in [-0.1, -0.05) is 28.4 Å². The summed E-state index contributed by atoms with van der Waals surface area (Å²) in [7, 11) is 0. The second kappa shape index (κ2) is 3.60. The molecule has 0 unspecified atom stereocenters. The minimum Gasteiger partial charge on any atom is -0.264 e.